The van der Waals surface area contributed by atoms with Crippen LogP contribution in [0.1, 0.15) is 33.3 Å². The number of thiophene rings is 1. The number of rotatable bonds is 3. The molecule has 27 heavy (non-hydrogen) atoms. The van der Waals surface area contributed by atoms with E-state index in [0.29, 0.717) is 10.6 Å². The maximum Gasteiger partial charge on any atom is 0.251 e. The molecule has 0 aliphatic carbocycles. The van der Waals surface area contributed by atoms with Gasteiger partial charge < -0.3 is 4.74 Å². The van der Waals surface area contributed by atoms with Crippen molar-refractivity contribution in [3.8, 4) is 5.75 Å². The first kappa shape index (κ1) is 16.5. The minimum Gasteiger partial charge on any atom is -0.461 e. The molecule has 6 heteroatoms. The molecule has 1 aromatic heterocycles. The molecule has 2 aromatic carbocycles. The Kier molecular flexibility index (Phi) is 3.99. The van der Waals surface area contributed by atoms with Crippen molar-refractivity contribution in [2.45, 2.75) is 18.7 Å². The SMILES string of the molecule is O=C(c1ccc(Cl)cc1)[C@@H]1Oc2ccccc2[C@@H]2CC(c3cccs3)=NN12. The molecule has 134 valence electrons. The first-order valence-corrected chi connectivity index (χ1v) is 9.91. The van der Waals surface area contributed by atoms with Crippen molar-refractivity contribution in [2.24, 2.45) is 5.10 Å². The zero-order valence-electron chi connectivity index (χ0n) is 14.2. The van der Waals surface area contributed by atoms with E-state index in [1.54, 1.807) is 35.6 Å². The van der Waals surface area contributed by atoms with E-state index in [2.05, 4.69) is 6.07 Å². The number of hydrogen-bond donors (Lipinski definition) is 0. The van der Waals surface area contributed by atoms with Gasteiger partial charge in [0.25, 0.3) is 6.23 Å². The normalized spacial score (nSPS) is 20.5. The van der Waals surface area contributed by atoms with Crippen LogP contribution in [0.4, 0.5) is 0 Å². The second-order valence-electron chi connectivity index (χ2n) is 6.50. The molecule has 0 saturated carbocycles. The number of hydrazone groups is 1. The summed E-state index contributed by atoms with van der Waals surface area (Å²) in [7, 11) is 0. The van der Waals surface area contributed by atoms with Crippen molar-refractivity contribution in [3.05, 3.63) is 87.1 Å². The molecule has 0 bridgehead atoms. The van der Waals surface area contributed by atoms with Crippen LogP contribution in [0.3, 0.4) is 0 Å². The summed E-state index contributed by atoms with van der Waals surface area (Å²) in [4.78, 5) is 14.3. The Hall–Kier alpha value is -2.63. The Bertz CT molecular complexity index is 1030. The topological polar surface area (TPSA) is 41.9 Å². The summed E-state index contributed by atoms with van der Waals surface area (Å²) in [6.07, 6.45) is -0.0331. The molecule has 3 heterocycles. The Morgan fingerprint density at radius 2 is 1.93 bits per heavy atom. The summed E-state index contributed by atoms with van der Waals surface area (Å²) in [5.41, 5.74) is 2.61. The Morgan fingerprint density at radius 1 is 1.11 bits per heavy atom. The van der Waals surface area contributed by atoms with Gasteiger partial charge in [-0.3, -0.25) is 4.79 Å². The summed E-state index contributed by atoms with van der Waals surface area (Å²) < 4.78 is 6.10. The monoisotopic (exact) mass is 394 g/mol. The zero-order chi connectivity index (χ0) is 18.4. The van der Waals surface area contributed by atoms with E-state index in [-0.39, 0.29) is 11.8 Å². The summed E-state index contributed by atoms with van der Waals surface area (Å²) in [6.45, 7) is 0. The van der Waals surface area contributed by atoms with Crippen LogP contribution in [-0.4, -0.2) is 22.7 Å². The number of nitrogens with zero attached hydrogens (tertiary/aromatic N) is 2. The van der Waals surface area contributed by atoms with Crippen molar-refractivity contribution in [3.63, 3.8) is 0 Å². The van der Waals surface area contributed by atoms with Gasteiger partial charge in [-0.1, -0.05) is 35.9 Å². The van der Waals surface area contributed by atoms with E-state index in [1.807, 2.05) is 40.7 Å². The van der Waals surface area contributed by atoms with Crippen molar-refractivity contribution >= 4 is 34.4 Å². The van der Waals surface area contributed by atoms with E-state index < -0.39 is 6.23 Å². The average Bonchev–Trinajstić information content (AvgIpc) is 3.37. The van der Waals surface area contributed by atoms with Gasteiger partial charge in [-0.2, -0.15) is 5.10 Å². The molecule has 2 aliphatic rings. The van der Waals surface area contributed by atoms with Gasteiger partial charge in [0.15, 0.2) is 0 Å². The molecule has 3 aromatic rings. The molecule has 2 atom stereocenters. The van der Waals surface area contributed by atoms with Crippen LogP contribution < -0.4 is 4.74 Å². The summed E-state index contributed by atoms with van der Waals surface area (Å²) in [5, 5.41) is 9.23. The predicted octanol–water partition coefficient (Wildman–Crippen LogP) is 5.15. The van der Waals surface area contributed by atoms with Crippen molar-refractivity contribution in [1.82, 2.24) is 5.01 Å². The molecule has 4 nitrogen and oxygen atoms in total. The standard InChI is InChI=1S/C21H15ClN2O2S/c22-14-9-7-13(8-10-14)20(25)21-24-17(15-4-1-2-5-18(15)26-21)12-16(23-24)19-6-3-11-27-19/h1-11,17,21H,12H2/t17-,21-/m0/s1. The lowest BCUT2D eigenvalue weighted by atomic mass is 9.97. The third kappa shape index (κ3) is 2.83. The Labute approximate surface area is 165 Å². The Balaban J connectivity index is 1.56. The lowest BCUT2D eigenvalue weighted by molar-refractivity contribution is -0.00455. The molecule has 0 unspecified atom stereocenters. The molecule has 2 aliphatic heterocycles. The average molecular weight is 395 g/mol. The molecule has 0 saturated heterocycles. The number of carbonyl (C=O) groups is 1. The van der Waals surface area contributed by atoms with Crippen LogP contribution in [-0.2, 0) is 0 Å². The molecule has 0 spiro atoms. The maximum atomic E-state index is 13.2. The quantitative estimate of drug-likeness (QED) is 0.576. The fraction of sp³-hybridized carbons (Fsp3) is 0.143. The van der Waals surface area contributed by atoms with Crippen molar-refractivity contribution < 1.29 is 9.53 Å². The molecular formula is C21H15ClN2O2S. The Morgan fingerprint density at radius 3 is 2.70 bits per heavy atom. The molecule has 0 radical (unpaired) electrons. The highest BCUT2D eigenvalue weighted by Crippen LogP contribution is 2.43. The van der Waals surface area contributed by atoms with E-state index in [4.69, 9.17) is 21.4 Å². The first-order valence-electron chi connectivity index (χ1n) is 8.66. The largest absolute Gasteiger partial charge is 0.461 e. The molecule has 5 rings (SSSR count). The van der Waals surface area contributed by atoms with Gasteiger partial charge in [-0.05, 0) is 41.8 Å². The number of carbonyl (C=O) groups excluding carboxylic acids is 1. The lowest BCUT2D eigenvalue weighted by Crippen LogP contribution is -2.45. The third-order valence-corrected chi connectivity index (χ3v) is 6.03. The number of halogens is 1. The minimum absolute atomic E-state index is 0.00620. The number of fused-ring (bicyclic) bond motifs is 3. The van der Waals surface area contributed by atoms with Gasteiger partial charge in [0.2, 0.25) is 5.78 Å². The highest BCUT2D eigenvalue weighted by molar-refractivity contribution is 7.12. The first-order chi connectivity index (χ1) is 13.2. The van der Waals surface area contributed by atoms with Crippen LogP contribution in [0.2, 0.25) is 5.02 Å². The number of ether oxygens (including phenoxy) is 1. The van der Waals surface area contributed by atoms with Gasteiger partial charge in [-0.15, -0.1) is 11.3 Å². The smallest absolute Gasteiger partial charge is 0.251 e. The zero-order valence-corrected chi connectivity index (χ0v) is 15.8. The minimum atomic E-state index is -0.788. The van der Waals surface area contributed by atoms with E-state index in [9.17, 15) is 4.79 Å². The lowest BCUT2D eigenvalue weighted by Gasteiger charge is -2.37. The van der Waals surface area contributed by atoms with Gasteiger partial charge >= 0.3 is 0 Å². The fourth-order valence-electron chi connectivity index (χ4n) is 3.56. The van der Waals surface area contributed by atoms with Gasteiger partial charge in [0.05, 0.1) is 16.6 Å². The molecule has 0 N–H and O–H groups in total. The van der Waals surface area contributed by atoms with Crippen LogP contribution in [0.5, 0.6) is 5.75 Å². The number of para-hydroxylation sites is 1. The molecular weight excluding hydrogens is 380 g/mol. The van der Waals surface area contributed by atoms with Gasteiger partial charge in [0.1, 0.15) is 5.75 Å². The number of ketones is 1. The summed E-state index contributed by atoms with van der Waals surface area (Å²) in [5.74, 6) is 0.621. The second kappa shape index (κ2) is 6.51. The number of benzene rings is 2. The third-order valence-electron chi connectivity index (χ3n) is 4.86. The van der Waals surface area contributed by atoms with E-state index in [1.165, 1.54) is 0 Å². The highest BCUT2D eigenvalue weighted by Gasteiger charge is 2.43. The van der Waals surface area contributed by atoms with Gasteiger partial charge in [-0.25, -0.2) is 5.01 Å². The number of Topliss-reactive ketones (excluding diaryl/α,β-unsaturated/α-hetero) is 1. The highest BCUT2D eigenvalue weighted by atomic mass is 35.5. The molecule has 0 fully saturated rings. The van der Waals surface area contributed by atoms with Gasteiger partial charge in [0, 0.05) is 22.6 Å². The van der Waals surface area contributed by atoms with E-state index >= 15 is 0 Å². The van der Waals surface area contributed by atoms with Crippen LogP contribution >= 0.6 is 22.9 Å². The second-order valence-corrected chi connectivity index (χ2v) is 7.89. The van der Waals surface area contributed by atoms with E-state index in [0.717, 1.165) is 28.3 Å². The van der Waals surface area contributed by atoms with Crippen LogP contribution in [0.25, 0.3) is 0 Å². The van der Waals surface area contributed by atoms with Crippen LogP contribution in [0, 0.1) is 0 Å². The molecule has 0 amide bonds. The summed E-state index contributed by atoms with van der Waals surface area (Å²) >= 11 is 7.62. The van der Waals surface area contributed by atoms with Crippen molar-refractivity contribution in [1.29, 1.82) is 0 Å². The number of hydrogen-bond acceptors (Lipinski definition) is 5. The van der Waals surface area contributed by atoms with Crippen molar-refractivity contribution in [2.75, 3.05) is 0 Å². The van der Waals surface area contributed by atoms with Crippen LogP contribution in [0.15, 0.2) is 71.1 Å². The maximum absolute atomic E-state index is 13.2. The fourth-order valence-corrected chi connectivity index (χ4v) is 4.40. The summed E-state index contributed by atoms with van der Waals surface area (Å²) in [6, 6.07) is 18.8. The predicted molar refractivity (Wildman–Crippen MR) is 107 cm³/mol.